The summed E-state index contributed by atoms with van der Waals surface area (Å²) in [5.74, 6) is -0.968. The Morgan fingerprint density at radius 1 is 1.25 bits per heavy atom. The van der Waals surface area contributed by atoms with Crippen LogP contribution in [0.25, 0.3) is 0 Å². The lowest BCUT2D eigenvalue weighted by Crippen LogP contribution is -2.53. The minimum Gasteiger partial charge on any atom is -0.481 e. The molecule has 0 saturated heterocycles. The second-order valence-corrected chi connectivity index (χ2v) is 4.53. The Balaban J connectivity index is 2.37. The number of aliphatic carboxylic acids is 1. The van der Waals surface area contributed by atoms with E-state index in [9.17, 15) is 9.90 Å². The Labute approximate surface area is 93.8 Å². The van der Waals surface area contributed by atoms with E-state index in [1.807, 2.05) is 12.1 Å². The molecule has 2 rings (SSSR count). The fraction of sp³-hybridized carbons (Fsp3) is 0.417. The van der Waals surface area contributed by atoms with Crippen molar-refractivity contribution in [1.82, 2.24) is 0 Å². The molecule has 0 saturated carbocycles. The van der Waals surface area contributed by atoms with Crippen LogP contribution in [0.3, 0.4) is 0 Å². The molecule has 1 aromatic rings. The van der Waals surface area contributed by atoms with Crippen molar-refractivity contribution in [2.45, 2.75) is 26.6 Å². The third kappa shape index (κ3) is 1.33. The summed E-state index contributed by atoms with van der Waals surface area (Å²) in [4.78, 5) is 11.2. The highest BCUT2D eigenvalue weighted by molar-refractivity contribution is 5.75. The van der Waals surface area contributed by atoms with E-state index in [0.717, 1.165) is 0 Å². The quantitative estimate of drug-likeness (QED) is 0.834. The van der Waals surface area contributed by atoms with Crippen molar-refractivity contribution in [1.29, 1.82) is 0 Å². The zero-order valence-electron chi connectivity index (χ0n) is 9.48. The standard InChI is InChI=1S/C12H14O4/c1-11(2,10(13)14)12(3)15-8-6-4-5-7-9(8)16-12/h4-7H,1-3H3,(H,13,14). The molecule has 0 aliphatic carbocycles. The number of carboxylic acids is 1. The Morgan fingerprint density at radius 2 is 1.69 bits per heavy atom. The normalized spacial score (nSPS) is 17.2. The van der Waals surface area contributed by atoms with E-state index in [-0.39, 0.29) is 0 Å². The van der Waals surface area contributed by atoms with Crippen molar-refractivity contribution in [2.24, 2.45) is 5.41 Å². The molecule has 86 valence electrons. The predicted molar refractivity (Wildman–Crippen MR) is 57.5 cm³/mol. The van der Waals surface area contributed by atoms with Gasteiger partial charge >= 0.3 is 5.97 Å². The molecule has 16 heavy (non-hydrogen) atoms. The molecule has 0 unspecified atom stereocenters. The summed E-state index contributed by atoms with van der Waals surface area (Å²) in [6, 6.07) is 7.17. The first kappa shape index (κ1) is 10.8. The summed E-state index contributed by atoms with van der Waals surface area (Å²) < 4.78 is 11.2. The van der Waals surface area contributed by atoms with E-state index in [4.69, 9.17) is 9.47 Å². The summed E-state index contributed by atoms with van der Waals surface area (Å²) in [5.41, 5.74) is -1.13. The van der Waals surface area contributed by atoms with Crippen molar-refractivity contribution < 1.29 is 19.4 Å². The van der Waals surface area contributed by atoms with E-state index in [0.29, 0.717) is 11.5 Å². The second kappa shape index (κ2) is 3.14. The Morgan fingerprint density at radius 3 is 2.06 bits per heavy atom. The van der Waals surface area contributed by atoms with Gasteiger partial charge < -0.3 is 14.6 Å². The highest BCUT2D eigenvalue weighted by atomic mass is 16.7. The van der Waals surface area contributed by atoms with E-state index < -0.39 is 17.2 Å². The van der Waals surface area contributed by atoms with Crippen LogP contribution in [-0.4, -0.2) is 16.9 Å². The fourth-order valence-corrected chi connectivity index (χ4v) is 1.51. The Kier molecular flexibility index (Phi) is 2.12. The molecule has 1 aliphatic heterocycles. The molecule has 0 amide bonds. The average Bonchev–Trinajstić information content (AvgIpc) is 2.55. The summed E-state index contributed by atoms with van der Waals surface area (Å²) >= 11 is 0. The van der Waals surface area contributed by atoms with Crippen LogP contribution < -0.4 is 9.47 Å². The number of ether oxygens (including phenoxy) is 2. The lowest BCUT2D eigenvalue weighted by Gasteiger charge is -2.35. The molecular formula is C12H14O4. The minimum atomic E-state index is -1.18. The van der Waals surface area contributed by atoms with Crippen LogP contribution in [0, 0.1) is 5.41 Å². The van der Waals surface area contributed by atoms with Crippen molar-refractivity contribution in [3.05, 3.63) is 24.3 Å². The van der Waals surface area contributed by atoms with E-state index >= 15 is 0 Å². The van der Waals surface area contributed by atoms with Gasteiger partial charge in [0.15, 0.2) is 11.5 Å². The number of para-hydroxylation sites is 2. The van der Waals surface area contributed by atoms with Gasteiger partial charge in [-0.1, -0.05) is 12.1 Å². The number of hydrogen-bond acceptors (Lipinski definition) is 3. The molecule has 0 spiro atoms. The zero-order chi connectivity index (χ0) is 12.0. The van der Waals surface area contributed by atoms with Crippen molar-refractivity contribution >= 4 is 5.97 Å². The fourth-order valence-electron chi connectivity index (χ4n) is 1.51. The van der Waals surface area contributed by atoms with Crippen LogP contribution in [-0.2, 0) is 4.79 Å². The third-order valence-corrected chi connectivity index (χ3v) is 3.13. The maximum atomic E-state index is 11.2. The van der Waals surface area contributed by atoms with Crippen LogP contribution in [0.5, 0.6) is 11.5 Å². The molecule has 0 bridgehead atoms. The SMILES string of the molecule is CC1(C(C)(C)C(=O)O)Oc2ccccc2O1. The zero-order valence-corrected chi connectivity index (χ0v) is 9.48. The third-order valence-electron chi connectivity index (χ3n) is 3.13. The Bertz CT molecular complexity index is 411. The molecule has 0 atom stereocenters. The van der Waals surface area contributed by atoms with E-state index in [1.165, 1.54) is 0 Å². The smallest absolute Gasteiger partial charge is 0.317 e. The summed E-state index contributed by atoms with van der Waals surface area (Å²) in [5, 5.41) is 9.19. The number of carboxylic acid groups (broad SMARTS) is 1. The highest BCUT2D eigenvalue weighted by Gasteiger charge is 2.54. The van der Waals surface area contributed by atoms with Gasteiger partial charge in [0.25, 0.3) is 5.79 Å². The van der Waals surface area contributed by atoms with E-state index in [2.05, 4.69) is 0 Å². The lowest BCUT2D eigenvalue weighted by molar-refractivity contribution is -0.186. The topological polar surface area (TPSA) is 55.8 Å². The van der Waals surface area contributed by atoms with Crippen molar-refractivity contribution in [3.8, 4) is 11.5 Å². The largest absolute Gasteiger partial charge is 0.481 e. The van der Waals surface area contributed by atoms with Gasteiger partial charge in [0.1, 0.15) is 5.41 Å². The summed E-state index contributed by atoms with van der Waals surface area (Å²) in [6.07, 6.45) is 0. The molecule has 0 aromatic heterocycles. The van der Waals surface area contributed by atoms with Crippen LogP contribution in [0.2, 0.25) is 0 Å². The summed E-state index contributed by atoms with van der Waals surface area (Å²) in [7, 11) is 0. The van der Waals surface area contributed by atoms with Crippen molar-refractivity contribution in [2.75, 3.05) is 0 Å². The highest BCUT2D eigenvalue weighted by Crippen LogP contribution is 2.46. The first-order valence-corrected chi connectivity index (χ1v) is 5.07. The number of fused-ring (bicyclic) bond motifs is 1. The molecular weight excluding hydrogens is 208 g/mol. The lowest BCUT2D eigenvalue weighted by atomic mass is 9.84. The molecule has 1 heterocycles. The maximum Gasteiger partial charge on any atom is 0.317 e. The number of benzene rings is 1. The molecule has 0 fully saturated rings. The van der Waals surface area contributed by atoms with Gasteiger partial charge in [-0.2, -0.15) is 0 Å². The van der Waals surface area contributed by atoms with Crippen LogP contribution in [0.1, 0.15) is 20.8 Å². The number of hydrogen-bond donors (Lipinski definition) is 1. The van der Waals surface area contributed by atoms with Crippen LogP contribution >= 0.6 is 0 Å². The monoisotopic (exact) mass is 222 g/mol. The minimum absolute atomic E-state index is 0.583. The van der Waals surface area contributed by atoms with Gasteiger partial charge in [0.05, 0.1) is 0 Å². The van der Waals surface area contributed by atoms with Gasteiger partial charge in [-0.15, -0.1) is 0 Å². The first-order valence-electron chi connectivity index (χ1n) is 5.07. The summed E-state index contributed by atoms with van der Waals surface area (Å²) in [6.45, 7) is 4.81. The van der Waals surface area contributed by atoms with Crippen LogP contribution in [0.15, 0.2) is 24.3 Å². The van der Waals surface area contributed by atoms with E-state index in [1.54, 1.807) is 32.9 Å². The van der Waals surface area contributed by atoms with Gasteiger partial charge in [0, 0.05) is 6.92 Å². The average molecular weight is 222 g/mol. The molecule has 0 radical (unpaired) electrons. The number of rotatable bonds is 2. The second-order valence-electron chi connectivity index (χ2n) is 4.53. The van der Waals surface area contributed by atoms with Gasteiger partial charge in [-0.3, -0.25) is 4.79 Å². The molecule has 1 aromatic carbocycles. The first-order chi connectivity index (χ1) is 7.37. The molecule has 4 nitrogen and oxygen atoms in total. The van der Waals surface area contributed by atoms with Gasteiger partial charge in [-0.25, -0.2) is 0 Å². The molecule has 1 N–H and O–H groups in total. The Hall–Kier alpha value is -1.71. The maximum absolute atomic E-state index is 11.2. The molecule has 4 heteroatoms. The predicted octanol–water partition coefficient (Wildman–Crippen LogP) is 2.28. The van der Waals surface area contributed by atoms with Crippen LogP contribution in [0.4, 0.5) is 0 Å². The molecule has 1 aliphatic rings. The van der Waals surface area contributed by atoms with Gasteiger partial charge in [0.2, 0.25) is 0 Å². The van der Waals surface area contributed by atoms with Crippen molar-refractivity contribution in [3.63, 3.8) is 0 Å². The number of carbonyl (C=O) groups is 1. The van der Waals surface area contributed by atoms with Gasteiger partial charge in [-0.05, 0) is 26.0 Å².